The summed E-state index contributed by atoms with van der Waals surface area (Å²) in [6.07, 6.45) is 8.51. The zero-order chi connectivity index (χ0) is 21.2. The van der Waals surface area contributed by atoms with E-state index < -0.39 is 0 Å². The molecule has 0 radical (unpaired) electrons. The Morgan fingerprint density at radius 2 is 1.90 bits per heavy atom. The average Bonchev–Trinajstić information content (AvgIpc) is 3.39. The first-order valence-corrected chi connectivity index (χ1v) is 11.8. The maximum absolute atomic E-state index is 13.5. The summed E-state index contributed by atoms with van der Waals surface area (Å²) in [4.78, 5) is 21.1. The van der Waals surface area contributed by atoms with Crippen LogP contribution in [0.3, 0.4) is 0 Å². The zero-order valence-corrected chi connectivity index (χ0v) is 18.5. The molecular weight excluding hydrogens is 408 g/mol. The third-order valence-corrected chi connectivity index (χ3v) is 7.04. The topological polar surface area (TPSA) is 51.1 Å². The Bertz CT molecular complexity index is 1060. The summed E-state index contributed by atoms with van der Waals surface area (Å²) in [6, 6.07) is 14.2. The van der Waals surface area contributed by atoms with Gasteiger partial charge in [-0.2, -0.15) is 0 Å². The molecule has 5 rings (SSSR count). The molecule has 0 atom stereocenters. The van der Waals surface area contributed by atoms with Crippen LogP contribution in [0.2, 0.25) is 0 Å². The van der Waals surface area contributed by atoms with Crippen molar-refractivity contribution in [2.45, 2.75) is 51.5 Å². The fraction of sp³-hybridized carbons (Fsp3) is 0.360. The van der Waals surface area contributed by atoms with Crippen molar-refractivity contribution < 1.29 is 14.3 Å². The summed E-state index contributed by atoms with van der Waals surface area (Å²) in [5, 5.41) is 0.796. The quantitative estimate of drug-likeness (QED) is 0.561. The molecule has 1 saturated heterocycles. The van der Waals surface area contributed by atoms with Crippen molar-refractivity contribution in [2.24, 2.45) is 4.99 Å². The molecule has 1 aliphatic carbocycles. The third kappa shape index (κ3) is 4.09. The molecule has 5 nitrogen and oxygen atoms in total. The second-order valence-electron chi connectivity index (χ2n) is 8.07. The van der Waals surface area contributed by atoms with Gasteiger partial charge in [-0.3, -0.25) is 9.69 Å². The van der Waals surface area contributed by atoms with Crippen molar-refractivity contribution >= 4 is 34.6 Å². The van der Waals surface area contributed by atoms with Crippen molar-refractivity contribution in [1.29, 1.82) is 0 Å². The van der Waals surface area contributed by atoms with Crippen molar-refractivity contribution in [2.75, 3.05) is 6.79 Å². The second-order valence-corrected chi connectivity index (χ2v) is 9.08. The fourth-order valence-corrected chi connectivity index (χ4v) is 5.45. The Balaban J connectivity index is 1.51. The first-order valence-electron chi connectivity index (χ1n) is 11.0. The molecule has 0 aromatic heterocycles. The van der Waals surface area contributed by atoms with Crippen LogP contribution in [-0.2, 0) is 11.2 Å². The molecule has 3 aliphatic rings. The van der Waals surface area contributed by atoms with Gasteiger partial charge >= 0.3 is 0 Å². The van der Waals surface area contributed by atoms with Gasteiger partial charge in [-0.25, -0.2) is 4.99 Å². The number of benzene rings is 2. The molecular formula is C25H26N2O3S. The van der Waals surface area contributed by atoms with Crippen molar-refractivity contribution in [3.05, 3.63) is 58.5 Å². The highest BCUT2D eigenvalue weighted by molar-refractivity contribution is 8.18. The number of amidine groups is 1. The second kappa shape index (κ2) is 8.79. The lowest BCUT2D eigenvalue weighted by molar-refractivity contribution is -0.124. The van der Waals surface area contributed by atoms with Crippen molar-refractivity contribution in [3.8, 4) is 11.5 Å². The number of nitrogens with zero attached hydrogens (tertiary/aromatic N) is 2. The number of carbonyl (C=O) groups excluding carboxylic acids is 1. The van der Waals surface area contributed by atoms with Gasteiger partial charge in [0.25, 0.3) is 5.91 Å². The molecule has 2 aliphatic heterocycles. The molecule has 0 unspecified atom stereocenters. The number of aryl methyl sites for hydroxylation is 1. The Hall–Kier alpha value is -2.73. The lowest BCUT2D eigenvalue weighted by atomic mass is 9.94. The number of carbonyl (C=O) groups is 1. The van der Waals surface area contributed by atoms with Crippen LogP contribution in [0.25, 0.3) is 6.08 Å². The smallest absolute Gasteiger partial charge is 0.267 e. The minimum atomic E-state index is 0.0577. The van der Waals surface area contributed by atoms with Crippen LogP contribution in [0.5, 0.6) is 11.5 Å². The van der Waals surface area contributed by atoms with Gasteiger partial charge in [0.15, 0.2) is 16.7 Å². The van der Waals surface area contributed by atoms with Gasteiger partial charge in [0.1, 0.15) is 0 Å². The van der Waals surface area contributed by atoms with Crippen LogP contribution in [0, 0.1) is 0 Å². The first kappa shape index (κ1) is 20.2. The van der Waals surface area contributed by atoms with Crippen molar-refractivity contribution in [3.63, 3.8) is 0 Å². The van der Waals surface area contributed by atoms with Gasteiger partial charge in [0.2, 0.25) is 6.79 Å². The maximum Gasteiger partial charge on any atom is 0.267 e. The summed E-state index contributed by atoms with van der Waals surface area (Å²) in [7, 11) is 0. The van der Waals surface area contributed by atoms with Gasteiger partial charge in [-0.15, -0.1) is 0 Å². The number of aliphatic imine (C=N–C) groups is 1. The number of rotatable bonds is 4. The van der Waals surface area contributed by atoms with Crippen LogP contribution in [0.1, 0.15) is 50.2 Å². The summed E-state index contributed by atoms with van der Waals surface area (Å²) >= 11 is 1.48. The number of thioether (sulfide) groups is 1. The van der Waals surface area contributed by atoms with Crippen LogP contribution < -0.4 is 9.47 Å². The maximum atomic E-state index is 13.5. The highest BCUT2D eigenvalue weighted by Crippen LogP contribution is 2.40. The van der Waals surface area contributed by atoms with E-state index in [0.717, 1.165) is 47.2 Å². The van der Waals surface area contributed by atoms with Gasteiger partial charge in [0, 0.05) is 6.04 Å². The highest BCUT2D eigenvalue weighted by Gasteiger charge is 2.38. The third-order valence-electron chi connectivity index (χ3n) is 6.06. The zero-order valence-electron chi connectivity index (χ0n) is 17.7. The van der Waals surface area contributed by atoms with E-state index in [-0.39, 0.29) is 18.7 Å². The van der Waals surface area contributed by atoms with Crippen LogP contribution in [0.4, 0.5) is 5.69 Å². The van der Waals surface area contributed by atoms with Gasteiger partial charge in [0.05, 0.1) is 10.6 Å². The number of ether oxygens (including phenoxy) is 2. The predicted octanol–water partition coefficient (Wildman–Crippen LogP) is 5.91. The minimum Gasteiger partial charge on any atom is -0.454 e. The standard InChI is InChI=1S/C25H26N2O3S/c1-2-18-8-6-7-11-20(18)26-25-27(19-9-4-3-5-10-19)24(28)23(31-25)15-17-12-13-21-22(14-17)30-16-29-21/h6-8,11-15,19H,2-5,9-10,16H2,1H3/b23-15+,26-25?. The van der Waals surface area contributed by atoms with E-state index >= 15 is 0 Å². The van der Waals surface area contributed by atoms with E-state index in [9.17, 15) is 4.79 Å². The van der Waals surface area contributed by atoms with Crippen LogP contribution in [-0.4, -0.2) is 28.8 Å². The SMILES string of the molecule is CCc1ccccc1N=C1S/C(=C/c2ccc3c(c2)OCO3)C(=O)N1C1CCCCC1. The predicted molar refractivity (Wildman–Crippen MR) is 125 cm³/mol. The molecule has 0 bridgehead atoms. The van der Waals surface area contributed by atoms with E-state index in [4.69, 9.17) is 14.5 Å². The fourth-order valence-electron chi connectivity index (χ4n) is 4.40. The molecule has 2 aromatic rings. The Kier molecular flexibility index (Phi) is 5.72. The summed E-state index contributed by atoms with van der Waals surface area (Å²) < 4.78 is 10.9. The normalized spacial score (nSPS) is 21.5. The molecule has 2 heterocycles. The van der Waals surface area contributed by atoms with E-state index in [1.54, 1.807) is 0 Å². The Labute approximate surface area is 187 Å². The Morgan fingerprint density at radius 1 is 1.10 bits per heavy atom. The molecule has 2 aromatic carbocycles. The number of fused-ring (bicyclic) bond motifs is 1. The molecule has 0 spiro atoms. The largest absolute Gasteiger partial charge is 0.454 e. The molecule has 1 saturated carbocycles. The number of para-hydroxylation sites is 1. The summed E-state index contributed by atoms with van der Waals surface area (Å²) in [5.41, 5.74) is 3.07. The van der Waals surface area contributed by atoms with Crippen LogP contribution >= 0.6 is 11.8 Å². The average molecular weight is 435 g/mol. The van der Waals surface area contributed by atoms with Gasteiger partial charge in [-0.1, -0.05) is 50.5 Å². The molecule has 6 heteroatoms. The first-order chi connectivity index (χ1) is 15.2. The highest BCUT2D eigenvalue weighted by atomic mass is 32.2. The number of amides is 1. The lowest BCUT2D eigenvalue weighted by Crippen LogP contribution is -2.40. The number of hydrogen-bond donors (Lipinski definition) is 0. The minimum absolute atomic E-state index is 0.0577. The van der Waals surface area contributed by atoms with E-state index in [1.807, 2.05) is 47.4 Å². The van der Waals surface area contributed by atoms with E-state index in [1.165, 1.54) is 36.6 Å². The van der Waals surface area contributed by atoms with E-state index in [0.29, 0.717) is 4.91 Å². The van der Waals surface area contributed by atoms with Crippen molar-refractivity contribution in [1.82, 2.24) is 4.90 Å². The Morgan fingerprint density at radius 3 is 2.74 bits per heavy atom. The molecule has 31 heavy (non-hydrogen) atoms. The lowest BCUT2D eigenvalue weighted by Gasteiger charge is -2.30. The molecule has 160 valence electrons. The monoisotopic (exact) mass is 434 g/mol. The van der Waals surface area contributed by atoms with Gasteiger partial charge < -0.3 is 9.47 Å². The summed E-state index contributed by atoms with van der Waals surface area (Å²) in [5.74, 6) is 1.52. The molecule has 2 fully saturated rings. The van der Waals surface area contributed by atoms with Crippen LogP contribution in [0.15, 0.2) is 52.4 Å². The van der Waals surface area contributed by atoms with E-state index in [2.05, 4.69) is 13.0 Å². The molecule has 0 N–H and O–H groups in total. The summed E-state index contributed by atoms with van der Waals surface area (Å²) in [6.45, 7) is 2.38. The van der Waals surface area contributed by atoms with Gasteiger partial charge in [-0.05, 0) is 66.4 Å². The molecule has 1 amide bonds. The number of hydrogen-bond acceptors (Lipinski definition) is 5.